The maximum Gasteiger partial charge on any atom is 0.261 e. The van der Waals surface area contributed by atoms with E-state index in [2.05, 4.69) is 23.3 Å². The molecule has 36 heavy (non-hydrogen) atoms. The van der Waals surface area contributed by atoms with Gasteiger partial charge in [0.1, 0.15) is 5.39 Å². The fourth-order valence-corrected chi connectivity index (χ4v) is 7.65. The van der Waals surface area contributed by atoms with Gasteiger partial charge in [0, 0.05) is 37.2 Å². The van der Waals surface area contributed by atoms with Crippen LogP contribution in [0.1, 0.15) is 50.6 Å². The zero-order valence-electron chi connectivity index (χ0n) is 20.1. The molecule has 2 fully saturated rings. The molecule has 2 aromatic heterocycles. The van der Waals surface area contributed by atoms with E-state index in [4.69, 9.17) is 9.84 Å². The third-order valence-corrected chi connectivity index (χ3v) is 10.00. The number of fused-ring (bicyclic) bond motifs is 2. The molecule has 0 amide bonds. The van der Waals surface area contributed by atoms with Gasteiger partial charge in [-0.05, 0) is 68.4 Å². The monoisotopic (exact) mass is 510 g/mol. The first-order chi connectivity index (χ1) is 17.3. The van der Waals surface area contributed by atoms with Crippen LogP contribution in [0.2, 0.25) is 0 Å². The third kappa shape index (κ3) is 3.81. The molecule has 1 saturated heterocycles. The van der Waals surface area contributed by atoms with Crippen LogP contribution in [0.15, 0.2) is 40.2 Å². The maximum absolute atomic E-state index is 12.8. The third-order valence-electron chi connectivity index (χ3n) is 7.82. The number of rotatable bonds is 6. The Balaban J connectivity index is 1.35. The quantitative estimate of drug-likeness (QED) is 0.373. The average Bonchev–Trinajstić information content (AvgIpc) is 3.57. The van der Waals surface area contributed by atoms with Crippen molar-refractivity contribution in [2.24, 2.45) is 5.92 Å². The minimum atomic E-state index is -3.11. The predicted molar refractivity (Wildman–Crippen MR) is 137 cm³/mol. The van der Waals surface area contributed by atoms with Gasteiger partial charge in [0.15, 0.2) is 5.82 Å². The first kappa shape index (κ1) is 23.5. The zero-order valence-corrected chi connectivity index (χ0v) is 20.9. The maximum atomic E-state index is 12.8. The van der Waals surface area contributed by atoms with Crippen molar-refractivity contribution < 1.29 is 13.8 Å². The van der Waals surface area contributed by atoms with Gasteiger partial charge in [-0.3, -0.25) is 18.6 Å². The number of hydrogen-bond donors (Lipinski definition) is 4. The predicted octanol–water partition coefficient (Wildman–Crippen LogP) is 4.74. The van der Waals surface area contributed by atoms with Crippen LogP contribution < -0.4 is 10.9 Å². The van der Waals surface area contributed by atoms with E-state index in [0.717, 1.165) is 31.2 Å². The van der Waals surface area contributed by atoms with E-state index in [0.29, 0.717) is 59.4 Å². The number of anilines is 2. The number of nitrogens with zero attached hydrogens (tertiary/aromatic N) is 4. The van der Waals surface area contributed by atoms with Crippen LogP contribution in [-0.4, -0.2) is 46.9 Å². The summed E-state index contributed by atoms with van der Waals surface area (Å²) < 4.78 is 31.5. The number of aromatic amines is 1. The lowest BCUT2D eigenvalue weighted by atomic mass is 9.92. The number of benzene rings is 1. The van der Waals surface area contributed by atoms with E-state index in [1.54, 1.807) is 18.3 Å². The first-order valence-corrected chi connectivity index (χ1v) is 13.8. The molecule has 1 aromatic carbocycles. The van der Waals surface area contributed by atoms with Crippen LogP contribution in [0, 0.1) is 17.2 Å². The molecule has 4 heterocycles. The van der Waals surface area contributed by atoms with Crippen molar-refractivity contribution in [2.75, 3.05) is 18.5 Å². The number of nitrogens with one attached hydrogen (secondary N) is 2. The van der Waals surface area contributed by atoms with Crippen molar-refractivity contribution in [2.45, 2.75) is 62.0 Å². The molecule has 1 atom stereocenters. The molecule has 2 aliphatic heterocycles. The normalized spacial score (nSPS) is 22.6. The summed E-state index contributed by atoms with van der Waals surface area (Å²) in [4.78, 5) is 16.1. The second-order valence-electron chi connectivity index (χ2n) is 10.2. The molecule has 11 heteroatoms. The highest BCUT2D eigenvalue weighted by molar-refractivity contribution is 8.22. The number of pyridine rings is 1. The van der Waals surface area contributed by atoms with E-state index in [-0.39, 0.29) is 17.1 Å². The summed E-state index contributed by atoms with van der Waals surface area (Å²) in [6.07, 6.45) is 5.52. The summed E-state index contributed by atoms with van der Waals surface area (Å²) in [7, 11) is -3.11. The van der Waals surface area contributed by atoms with E-state index in [9.17, 15) is 19.2 Å². The van der Waals surface area contributed by atoms with Gasteiger partial charge in [0.25, 0.3) is 5.56 Å². The van der Waals surface area contributed by atoms with Gasteiger partial charge in [0.05, 0.1) is 28.9 Å². The lowest BCUT2D eigenvalue weighted by Crippen LogP contribution is -2.48. The molecule has 0 radical (unpaired) electrons. The molecule has 0 bridgehead atoms. The van der Waals surface area contributed by atoms with Crippen molar-refractivity contribution in [3.05, 3.63) is 46.4 Å². The van der Waals surface area contributed by atoms with Crippen molar-refractivity contribution in [1.29, 1.82) is 5.26 Å². The minimum Gasteiger partial charge on any atom is -0.381 e. The SMILES string of the molecule is CC1(N2Cc3cc(Nc4nn(C(CC#N)C5CC5)c5cc[nH]c(=O)c45)ccc3S2(O)O)CCOCC1. The Kier molecular flexibility index (Phi) is 5.62. The minimum absolute atomic E-state index is 0.0726. The number of nitriles is 1. The van der Waals surface area contributed by atoms with Gasteiger partial charge in [-0.15, -0.1) is 10.8 Å². The Bertz CT molecular complexity index is 1420. The van der Waals surface area contributed by atoms with Gasteiger partial charge >= 0.3 is 0 Å². The van der Waals surface area contributed by atoms with Crippen LogP contribution in [0.5, 0.6) is 0 Å². The molecule has 1 unspecified atom stereocenters. The highest BCUT2D eigenvalue weighted by Crippen LogP contribution is 2.63. The molecule has 3 aliphatic rings. The fourth-order valence-electron chi connectivity index (χ4n) is 5.57. The van der Waals surface area contributed by atoms with Gasteiger partial charge in [0.2, 0.25) is 0 Å². The van der Waals surface area contributed by atoms with E-state index in [1.165, 1.54) is 0 Å². The van der Waals surface area contributed by atoms with E-state index in [1.807, 2.05) is 21.1 Å². The van der Waals surface area contributed by atoms with Crippen molar-refractivity contribution >= 4 is 33.2 Å². The molecule has 6 rings (SSSR count). The van der Waals surface area contributed by atoms with Crippen molar-refractivity contribution in [3.63, 3.8) is 0 Å². The molecular formula is C25H30N6O4S. The van der Waals surface area contributed by atoms with Crippen LogP contribution in [0.3, 0.4) is 0 Å². The number of ether oxygens (including phenoxy) is 1. The van der Waals surface area contributed by atoms with E-state index >= 15 is 0 Å². The molecule has 4 N–H and O–H groups in total. The van der Waals surface area contributed by atoms with Crippen molar-refractivity contribution in [1.82, 2.24) is 19.1 Å². The van der Waals surface area contributed by atoms with Gasteiger partial charge in [-0.2, -0.15) is 14.7 Å². The Morgan fingerprint density at radius 1 is 1.33 bits per heavy atom. The summed E-state index contributed by atoms with van der Waals surface area (Å²) in [5.41, 5.74) is 1.64. The Morgan fingerprint density at radius 3 is 2.83 bits per heavy atom. The number of aromatic nitrogens is 3. The lowest BCUT2D eigenvalue weighted by molar-refractivity contribution is 0.0107. The second kappa shape index (κ2) is 8.61. The molecule has 190 valence electrons. The molecule has 1 saturated carbocycles. The van der Waals surface area contributed by atoms with E-state index < -0.39 is 10.8 Å². The lowest BCUT2D eigenvalue weighted by Gasteiger charge is -2.49. The second-order valence-corrected chi connectivity index (χ2v) is 12.2. The van der Waals surface area contributed by atoms with Crippen LogP contribution >= 0.6 is 10.8 Å². The summed E-state index contributed by atoms with van der Waals surface area (Å²) in [6, 6.07) is 9.47. The average molecular weight is 511 g/mol. The fraction of sp³-hybridized carbons (Fsp3) is 0.480. The van der Waals surface area contributed by atoms with Crippen LogP contribution in [0.4, 0.5) is 11.5 Å². The largest absolute Gasteiger partial charge is 0.381 e. The first-order valence-electron chi connectivity index (χ1n) is 12.3. The standard InChI is InChI=1S/C25H30N6O4S/c1-25(8-12-35-13-9-25)30-15-17-14-18(4-5-21(17)36(30,33)34)28-23-22-20(7-11-27-24(22)32)31(29-23)19(6-10-26)16-2-3-16/h4-5,7,11,14,16,19,33-34H,2-3,6,8-9,12-13,15H2,1H3,(H,27,32)(H,28,29). The Morgan fingerprint density at radius 2 is 2.11 bits per heavy atom. The molecule has 1 aliphatic carbocycles. The number of H-pyrrole nitrogens is 1. The highest BCUT2D eigenvalue weighted by Gasteiger charge is 2.46. The van der Waals surface area contributed by atoms with Gasteiger partial charge in [-0.25, -0.2) is 0 Å². The molecular weight excluding hydrogens is 480 g/mol. The summed E-state index contributed by atoms with van der Waals surface area (Å²) in [5.74, 6) is 0.816. The molecule has 3 aromatic rings. The summed E-state index contributed by atoms with van der Waals surface area (Å²) >= 11 is 0. The number of hydrogen-bond acceptors (Lipinski definition) is 8. The van der Waals surface area contributed by atoms with Gasteiger partial charge < -0.3 is 15.0 Å². The van der Waals surface area contributed by atoms with Gasteiger partial charge in [-0.1, -0.05) is 0 Å². The summed E-state index contributed by atoms with van der Waals surface area (Å²) in [6.45, 7) is 3.69. The highest BCUT2D eigenvalue weighted by atomic mass is 32.3. The molecule has 10 nitrogen and oxygen atoms in total. The topological polar surface area (TPSA) is 139 Å². The summed E-state index contributed by atoms with van der Waals surface area (Å²) in [5, 5.41) is 17.9. The smallest absolute Gasteiger partial charge is 0.261 e. The van der Waals surface area contributed by atoms with Crippen LogP contribution in [-0.2, 0) is 11.3 Å². The zero-order chi connectivity index (χ0) is 25.1. The Labute approximate surface area is 210 Å². The Hall–Kier alpha value is -2.88. The molecule has 0 spiro atoms. The van der Waals surface area contributed by atoms with Crippen LogP contribution in [0.25, 0.3) is 10.9 Å². The van der Waals surface area contributed by atoms with Crippen molar-refractivity contribution in [3.8, 4) is 6.07 Å².